The summed E-state index contributed by atoms with van der Waals surface area (Å²) in [5.74, 6) is 0.913. The molecule has 0 spiro atoms. The van der Waals surface area contributed by atoms with Crippen LogP contribution in [0.3, 0.4) is 0 Å². The monoisotopic (exact) mass is 301 g/mol. The lowest BCUT2D eigenvalue weighted by molar-refractivity contribution is 0.0584. The average Bonchev–Trinajstić information content (AvgIpc) is 2.80. The van der Waals surface area contributed by atoms with Gasteiger partial charge in [-0.1, -0.05) is 18.3 Å². The largest absolute Gasteiger partial charge is 0.335 e. The number of rotatable bonds is 6. The molecule has 1 aromatic rings. The molecule has 1 saturated carbocycles. The van der Waals surface area contributed by atoms with Crippen LogP contribution < -0.4 is 0 Å². The van der Waals surface area contributed by atoms with Crippen molar-refractivity contribution in [3.63, 3.8) is 0 Å². The Hall–Kier alpha value is -0.680. The lowest BCUT2D eigenvalue weighted by Crippen LogP contribution is -2.44. The van der Waals surface area contributed by atoms with Crippen molar-refractivity contribution >= 4 is 29.0 Å². The van der Waals surface area contributed by atoms with Gasteiger partial charge in [0.2, 0.25) is 0 Å². The minimum Gasteiger partial charge on any atom is -0.335 e. The molecule has 1 amide bonds. The van der Waals surface area contributed by atoms with E-state index in [1.807, 2.05) is 18.7 Å². The normalized spacial score (nSPS) is 15.6. The van der Waals surface area contributed by atoms with Crippen molar-refractivity contribution < 1.29 is 4.79 Å². The maximum Gasteiger partial charge on any atom is 0.267 e. The molecule has 0 bridgehead atoms. The molecule has 0 unspecified atom stereocenters. The Morgan fingerprint density at radius 3 is 2.79 bits per heavy atom. The van der Waals surface area contributed by atoms with Gasteiger partial charge >= 0.3 is 0 Å². The smallest absolute Gasteiger partial charge is 0.267 e. The molecule has 1 aliphatic rings. The van der Waals surface area contributed by atoms with E-state index >= 15 is 0 Å². The summed E-state index contributed by atoms with van der Waals surface area (Å²) in [7, 11) is 0. The second-order valence-corrected chi connectivity index (χ2v) is 6.40. The Balaban J connectivity index is 2.15. The third-order valence-electron chi connectivity index (χ3n) is 3.56. The van der Waals surface area contributed by atoms with E-state index in [0.717, 1.165) is 31.5 Å². The Morgan fingerprint density at radius 1 is 1.53 bits per heavy atom. The molecular weight excluding hydrogens is 282 g/mol. The molecule has 0 radical (unpaired) electrons. The average molecular weight is 302 g/mol. The summed E-state index contributed by atoms with van der Waals surface area (Å²) in [6.07, 6.45) is 4.27. The number of alkyl halides is 1. The summed E-state index contributed by atoms with van der Waals surface area (Å²) in [6, 6.07) is 0.387. The molecule has 6 heteroatoms. The van der Waals surface area contributed by atoms with Crippen LogP contribution in [-0.2, 0) is 0 Å². The first-order chi connectivity index (χ1) is 9.15. The third kappa shape index (κ3) is 3.26. The van der Waals surface area contributed by atoms with E-state index in [1.54, 1.807) is 0 Å². The highest BCUT2D eigenvalue weighted by Gasteiger charge is 2.31. The van der Waals surface area contributed by atoms with Crippen molar-refractivity contribution in [2.75, 3.05) is 12.4 Å². The molecule has 106 valence electrons. The van der Waals surface area contributed by atoms with E-state index in [0.29, 0.717) is 16.8 Å². The number of carbonyl (C=O) groups is 1. The number of hydrogen-bond acceptors (Lipinski definition) is 4. The van der Waals surface area contributed by atoms with Crippen molar-refractivity contribution in [1.29, 1.82) is 0 Å². The van der Waals surface area contributed by atoms with E-state index < -0.39 is 0 Å². The molecule has 0 aromatic carbocycles. The molecule has 2 rings (SSSR count). The fourth-order valence-corrected chi connectivity index (χ4v) is 3.13. The van der Waals surface area contributed by atoms with Crippen LogP contribution in [-0.4, -0.2) is 38.9 Å². The fourth-order valence-electron chi connectivity index (χ4n) is 2.23. The Morgan fingerprint density at radius 2 is 2.26 bits per heavy atom. The zero-order valence-electron chi connectivity index (χ0n) is 11.4. The first-order valence-corrected chi connectivity index (χ1v) is 8.15. The molecule has 1 fully saturated rings. The number of aromatic nitrogens is 2. The summed E-state index contributed by atoms with van der Waals surface area (Å²) < 4.78 is 3.95. The minimum absolute atomic E-state index is 0.0912. The highest BCUT2D eigenvalue weighted by atomic mass is 35.5. The first kappa shape index (κ1) is 14.7. The summed E-state index contributed by atoms with van der Waals surface area (Å²) in [6.45, 7) is 4.82. The van der Waals surface area contributed by atoms with Gasteiger partial charge in [0.15, 0.2) is 0 Å². The van der Waals surface area contributed by atoms with Crippen molar-refractivity contribution in [3.05, 3.63) is 10.6 Å². The quantitative estimate of drug-likeness (QED) is 0.758. The number of amides is 1. The molecule has 0 N–H and O–H groups in total. The molecule has 1 aliphatic carbocycles. The molecule has 0 atom stereocenters. The highest BCUT2D eigenvalue weighted by molar-refractivity contribution is 7.08. The summed E-state index contributed by atoms with van der Waals surface area (Å²) in [4.78, 5) is 15.4. The minimum atomic E-state index is 0.0912. The van der Waals surface area contributed by atoms with Gasteiger partial charge in [-0.15, -0.1) is 16.7 Å². The fraction of sp³-hybridized carbons (Fsp3) is 0.769. The van der Waals surface area contributed by atoms with Crippen molar-refractivity contribution in [3.8, 4) is 0 Å². The Kier molecular flexibility index (Phi) is 5.16. The number of halogens is 1. The number of nitrogens with zero attached hydrogens (tertiary/aromatic N) is 3. The van der Waals surface area contributed by atoms with E-state index in [-0.39, 0.29) is 11.8 Å². The summed E-state index contributed by atoms with van der Waals surface area (Å²) >= 11 is 6.98. The van der Waals surface area contributed by atoms with Crippen LogP contribution in [0.2, 0.25) is 0 Å². The standard InChI is InChI=1S/C13H20ClN3OS/c1-9(2)11-12(19-16-15-11)13(18)17(8-4-7-14)10-5-3-6-10/h9-10H,3-8H2,1-2H3. The van der Waals surface area contributed by atoms with Crippen LogP contribution >= 0.6 is 23.1 Å². The first-order valence-electron chi connectivity index (χ1n) is 6.84. The van der Waals surface area contributed by atoms with Crippen LogP contribution in [0.4, 0.5) is 0 Å². The van der Waals surface area contributed by atoms with Crippen LogP contribution in [0, 0.1) is 0 Å². The highest BCUT2D eigenvalue weighted by Crippen LogP contribution is 2.29. The van der Waals surface area contributed by atoms with E-state index in [9.17, 15) is 4.79 Å². The zero-order chi connectivity index (χ0) is 13.8. The molecule has 0 aliphatic heterocycles. The van der Waals surface area contributed by atoms with Crippen molar-refractivity contribution in [1.82, 2.24) is 14.5 Å². The molecular formula is C13H20ClN3OS. The van der Waals surface area contributed by atoms with Crippen LogP contribution in [0.5, 0.6) is 0 Å². The van der Waals surface area contributed by atoms with Crippen LogP contribution in [0.1, 0.15) is 60.8 Å². The van der Waals surface area contributed by atoms with E-state index in [4.69, 9.17) is 11.6 Å². The van der Waals surface area contributed by atoms with Gasteiger partial charge in [0.1, 0.15) is 4.88 Å². The predicted molar refractivity (Wildman–Crippen MR) is 78.0 cm³/mol. The van der Waals surface area contributed by atoms with Crippen LogP contribution in [0.15, 0.2) is 0 Å². The lowest BCUT2D eigenvalue weighted by Gasteiger charge is -2.37. The van der Waals surface area contributed by atoms with Gasteiger partial charge in [0, 0.05) is 18.5 Å². The van der Waals surface area contributed by atoms with Gasteiger partial charge in [0.25, 0.3) is 5.91 Å². The molecule has 19 heavy (non-hydrogen) atoms. The summed E-state index contributed by atoms with van der Waals surface area (Å²) in [5, 5.41) is 4.10. The predicted octanol–water partition coefficient (Wildman–Crippen LogP) is 3.29. The Labute approximate surface area is 123 Å². The molecule has 4 nitrogen and oxygen atoms in total. The maximum absolute atomic E-state index is 12.7. The van der Waals surface area contributed by atoms with Gasteiger partial charge in [-0.3, -0.25) is 4.79 Å². The van der Waals surface area contributed by atoms with Gasteiger partial charge in [-0.05, 0) is 43.1 Å². The number of hydrogen-bond donors (Lipinski definition) is 0. The molecule has 0 saturated heterocycles. The lowest BCUT2D eigenvalue weighted by atomic mass is 9.91. The zero-order valence-corrected chi connectivity index (χ0v) is 13.0. The third-order valence-corrected chi connectivity index (χ3v) is 4.56. The topological polar surface area (TPSA) is 46.1 Å². The molecule has 1 aromatic heterocycles. The van der Waals surface area contributed by atoms with E-state index in [2.05, 4.69) is 9.59 Å². The van der Waals surface area contributed by atoms with Crippen LogP contribution in [0.25, 0.3) is 0 Å². The Bertz CT molecular complexity index is 431. The number of carbonyl (C=O) groups excluding carboxylic acids is 1. The van der Waals surface area contributed by atoms with Crippen molar-refractivity contribution in [2.24, 2.45) is 0 Å². The second-order valence-electron chi connectivity index (χ2n) is 5.27. The van der Waals surface area contributed by atoms with Gasteiger partial charge in [0.05, 0.1) is 5.69 Å². The van der Waals surface area contributed by atoms with Crippen molar-refractivity contribution in [2.45, 2.75) is 51.5 Å². The summed E-state index contributed by atoms with van der Waals surface area (Å²) in [5.41, 5.74) is 0.824. The molecule has 1 heterocycles. The van der Waals surface area contributed by atoms with Gasteiger partial charge < -0.3 is 4.90 Å². The van der Waals surface area contributed by atoms with E-state index in [1.165, 1.54) is 18.0 Å². The SMILES string of the molecule is CC(C)c1nnsc1C(=O)N(CCCCl)C1CCC1. The maximum atomic E-state index is 12.7. The second kappa shape index (κ2) is 6.66. The van der Waals surface area contributed by atoms with Gasteiger partial charge in [-0.2, -0.15) is 0 Å². The van der Waals surface area contributed by atoms with Gasteiger partial charge in [-0.25, -0.2) is 0 Å².